The molecule has 2 unspecified atom stereocenters. The van der Waals surface area contributed by atoms with Gasteiger partial charge in [0.05, 0.1) is 5.92 Å². The van der Waals surface area contributed by atoms with Gasteiger partial charge in [-0.3, -0.25) is 4.79 Å². The van der Waals surface area contributed by atoms with E-state index in [1.54, 1.807) is 18.5 Å². The molecule has 106 valence electrons. The van der Waals surface area contributed by atoms with Crippen LogP contribution in [-0.2, 0) is 4.79 Å². The van der Waals surface area contributed by atoms with Crippen molar-refractivity contribution in [1.29, 1.82) is 0 Å². The summed E-state index contributed by atoms with van der Waals surface area (Å²) in [6.07, 6.45) is 8.09. The minimum atomic E-state index is -0.0375. The minimum absolute atomic E-state index is 0.0305. The molecule has 1 amide bonds. The van der Waals surface area contributed by atoms with Gasteiger partial charge in [0.1, 0.15) is 0 Å². The first-order valence-corrected chi connectivity index (χ1v) is 6.99. The van der Waals surface area contributed by atoms with E-state index in [-0.39, 0.29) is 17.9 Å². The lowest BCUT2D eigenvalue weighted by atomic mass is 10.1. The third-order valence-electron chi connectivity index (χ3n) is 3.86. The van der Waals surface area contributed by atoms with E-state index in [0.29, 0.717) is 0 Å². The van der Waals surface area contributed by atoms with Crippen molar-refractivity contribution >= 4 is 11.9 Å². The van der Waals surface area contributed by atoms with Gasteiger partial charge in [-0.25, -0.2) is 9.97 Å². The number of nitrogens with two attached hydrogens (primary N) is 1. The molecule has 1 aliphatic heterocycles. The van der Waals surface area contributed by atoms with Gasteiger partial charge < -0.3 is 15.5 Å². The van der Waals surface area contributed by atoms with Crippen LogP contribution in [0.1, 0.15) is 6.42 Å². The van der Waals surface area contributed by atoms with Crippen molar-refractivity contribution < 1.29 is 4.79 Å². The number of anilines is 1. The van der Waals surface area contributed by atoms with Crippen LogP contribution < -0.4 is 10.6 Å². The first-order chi connectivity index (χ1) is 9.74. The van der Waals surface area contributed by atoms with E-state index in [4.69, 9.17) is 5.73 Å². The van der Waals surface area contributed by atoms with Crippen molar-refractivity contribution in [3.05, 3.63) is 30.6 Å². The zero-order valence-electron chi connectivity index (χ0n) is 11.4. The summed E-state index contributed by atoms with van der Waals surface area (Å²) in [6.45, 7) is 2.99. The normalized spacial score (nSPS) is 26.1. The Morgan fingerprint density at radius 3 is 2.45 bits per heavy atom. The number of amides is 1. The van der Waals surface area contributed by atoms with Crippen LogP contribution in [0.25, 0.3) is 0 Å². The maximum Gasteiger partial charge on any atom is 0.229 e. The van der Waals surface area contributed by atoms with Crippen LogP contribution in [0.5, 0.6) is 0 Å². The molecule has 3 rings (SSSR count). The molecule has 2 N–H and O–H groups in total. The van der Waals surface area contributed by atoms with Gasteiger partial charge in [0.2, 0.25) is 11.9 Å². The molecule has 2 aliphatic rings. The largest absolute Gasteiger partial charge is 0.339 e. The zero-order valence-corrected chi connectivity index (χ0v) is 11.4. The average Bonchev–Trinajstić information content (AvgIpc) is 2.94. The number of carbonyl (C=O) groups is 1. The Morgan fingerprint density at radius 1 is 1.15 bits per heavy atom. The molecule has 2 atom stereocenters. The van der Waals surface area contributed by atoms with Crippen LogP contribution in [0.15, 0.2) is 30.6 Å². The molecule has 0 radical (unpaired) electrons. The van der Waals surface area contributed by atoms with Crippen LogP contribution in [0.2, 0.25) is 0 Å². The third kappa shape index (κ3) is 2.65. The topological polar surface area (TPSA) is 75.4 Å². The second-order valence-electron chi connectivity index (χ2n) is 5.25. The fraction of sp³-hybridized carbons (Fsp3) is 0.500. The number of aromatic nitrogens is 2. The first kappa shape index (κ1) is 13.1. The Hall–Kier alpha value is -1.95. The number of carbonyl (C=O) groups excluding carboxylic acids is 1. The second kappa shape index (κ2) is 5.58. The minimum Gasteiger partial charge on any atom is -0.339 e. The van der Waals surface area contributed by atoms with Crippen molar-refractivity contribution in [2.45, 2.75) is 12.5 Å². The Morgan fingerprint density at radius 2 is 1.85 bits per heavy atom. The highest BCUT2D eigenvalue weighted by molar-refractivity contribution is 5.81. The van der Waals surface area contributed by atoms with Gasteiger partial charge >= 0.3 is 0 Å². The highest BCUT2D eigenvalue weighted by atomic mass is 16.2. The van der Waals surface area contributed by atoms with E-state index >= 15 is 0 Å². The molecule has 2 heterocycles. The highest BCUT2D eigenvalue weighted by Gasteiger charge is 2.29. The van der Waals surface area contributed by atoms with E-state index in [1.807, 2.05) is 17.1 Å². The van der Waals surface area contributed by atoms with Crippen molar-refractivity contribution in [2.75, 3.05) is 31.1 Å². The lowest BCUT2D eigenvalue weighted by molar-refractivity contribution is -0.134. The molecule has 20 heavy (non-hydrogen) atoms. The van der Waals surface area contributed by atoms with Gasteiger partial charge in [-0.1, -0.05) is 12.2 Å². The summed E-state index contributed by atoms with van der Waals surface area (Å²) in [5, 5.41) is 0. The lowest BCUT2D eigenvalue weighted by Gasteiger charge is -2.35. The molecule has 0 aromatic carbocycles. The average molecular weight is 273 g/mol. The number of hydrogen-bond donors (Lipinski definition) is 1. The van der Waals surface area contributed by atoms with Crippen LogP contribution in [0, 0.1) is 5.92 Å². The molecule has 6 heteroatoms. The molecule has 0 spiro atoms. The SMILES string of the molecule is NC1C=CC(C(=O)N2CCN(c3ncccn3)CC2)C1. The van der Waals surface area contributed by atoms with Gasteiger partial charge in [0.25, 0.3) is 0 Å². The summed E-state index contributed by atoms with van der Waals surface area (Å²) in [7, 11) is 0. The first-order valence-electron chi connectivity index (χ1n) is 6.99. The smallest absolute Gasteiger partial charge is 0.229 e. The maximum absolute atomic E-state index is 12.4. The van der Waals surface area contributed by atoms with Gasteiger partial charge in [0, 0.05) is 44.6 Å². The van der Waals surface area contributed by atoms with Gasteiger partial charge in [-0.05, 0) is 12.5 Å². The van der Waals surface area contributed by atoms with E-state index in [0.717, 1.165) is 38.5 Å². The summed E-state index contributed by atoms with van der Waals surface area (Å²) >= 11 is 0. The predicted octanol–water partition coefficient (Wildman–Crippen LogP) is 0.0286. The maximum atomic E-state index is 12.4. The zero-order chi connectivity index (χ0) is 13.9. The number of piperazine rings is 1. The Labute approximate surface area is 118 Å². The molecule has 0 saturated carbocycles. The lowest BCUT2D eigenvalue weighted by Crippen LogP contribution is -2.50. The third-order valence-corrected chi connectivity index (χ3v) is 3.86. The Bertz CT molecular complexity index is 496. The molecule has 1 saturated heterocycles. The summed E-state index contributed by atoms with van der Waals surface area (Å²) in [6, 6.07) is 1.84. The van der Waals surface area contributed by atoms with Crippen molar-refractivity contribution in [3.8, 4) is 0 Å². The number of nitrogens with zero attached hydrogens (tertiary/aromatic N) is 4. The molecule has 6 nitrogen and oxygen atoms in total. The van der Waals surface area contributed by atoms with Crippen molar-refractivity contribution in [2.24, 2.45) is 11.7 Å². The number of hydrogen-bond acceptors (Lipinski definition) is 5. The van der Waals surface area contributed by atoms with Crippen LogP contribution in [-0.4, -0.2) is 53.0 Å². The molecule has 1 aliphatic carbocycles. The van der Waals surface area contributed by atoms with E-state index in [1.165, 1.54) is 0 Å². The summed E-state index contributed by atoms with van der Waals surface area (Å²) in [4.78, 5) is 24.9. The molecular weight excluding hydrogens is 254 g/mol. The van der Waals surface area contributed by atoms with Crippen molar-refractivity contribution in [3.63, 3.8) is 0 Å². The molecule has 1 fully saturated rings. The second-order valence-corrected chi connectivity index (χ2v) is 5.25. The van der Waals surface area contributed by atoms with Gasteiger partial charge in [-0.2, -0.15) is 0 Å². The molecule has 1 aromatic heterocycles. The van der Waals surface area contributed by atoms with Gasteiger partial charge in [-0.15, -0.1) is 0 Å². The molecule has 0 bridgehead atoms. The van der Waals surface area contributed by atoms with Crippen molar-refractivity contribution in [1.82, 2.24) is 14.9 Å². The van der Waals surface area contributed by atoms with E-state index < -0.39 is 0 Å². The predicted molar refractivity (Wildman–Crippen MR) is 76.0 cm³/mol. The highest BCUT2D eigenvalue weighted by Crippen LogP contribution is 2.20. The Balaban J connectivity index is 1.56. The monoisotopic (exact) mass is 273 g/mol. The van der Waals surface area contributed by atoms with E-state index in [9.17, 15) is 4.79 Å². The summed E-state index contributed by atoms with van der Waals surface area (Å²) < 4.78 is 0. The quantitative estimate of drug-likeness (QED) is 0.769. The molecular formula is C14H19N5O. The fourth-order valence-electron chi connectivity index (χ4n) is 2.73. The number of rotatable bonds is 2. The van der Waals surface area contributed by atoms with E-state index in [2.05, 4.69) is 14.9 Å². The Kier molecular flexibility index (Phi) is 3.64. The van der Waals surface area contributed by atoms with Crippen LogP contribution >= 0.6 is 0 Å². The summed E-state index contributed by atoms with van der Waals surface area (Å²) in [5.74, 6) is 0.898. The van der Waals surface area contributed by atoms with Crippen LogP contribution in [0.4, 0.5) is 5.95 Å². The summed E-state index contributed by atoms with van der Waals surface area (Å²) in [5.41, 5.74) is 5.81. The van der Waals surface area contributed by atoms with Gasteiger partial charge in [0.15, 0.2) is 0 Å². The standard InChI is InChI=1S/C14H19N5O/c15-12-3-2-11(10-12)13(20)18-6-8-19(9-7-18)14-16-4-1-5-17-14/h1-5,11-12H,6-10,15H2. The molecule has 1 aromatic rings. The fourth-order valence-corrected chi connectivity index (χ4v) is 2.73. The van der Waals surface area contributed by atoms with Crippen LogP contribution in [0.3, 0.4) is 0 Å².